The predicted molar refractivity (Wildman–Crippen MR) is 101 cm³/mol. The van der Waals surface area contributed by atoms with E-state index in [1.54, 1.807) is 18.7 Å². The van der Waals surface area contributed by atoms with Gasteiger partial charge < -0.3 is 14.2 Å². The van der Waals surface area contributed by atoms with E-state index in [1.165, 1.54) is 18.4 Å². The van der Waals surface area contributed by atoms with Crippen LogP contribution in [0, 0.1) is 0 Å². The zero-order valence-electron chi connectivity index (χ0n) is 14.0. The van der Waals surface area contributed by atoms with Gasteiger partial charge in [-0.2, -0.15) is 5.10 Å². The van der Waals surface area contributed by atoms with Gasteiger partial charge in [-0.3, -0.25) is 10.2 Å². The first-order chi connectivity index (χ1) is 12.1. The van der Waals surface area contributed by atoms with E-state index in [9.17, 15) is 4.79 Å². The van der Waals surface area contributed by atoms with E-state index in [-0.39, 0.29) is 12.4 Å². The summed E-state index contributed by atoms with van der Waals surface area (Å²) in [6.45, 7) is 2.45. The fraction of sp³-hybridized carbons (Fsp3) is 0.312. The van der Waals surface area contributed by atoms with Gasteiger partial charge in [0.1, 0.15) is 0 Å². The van der Waals surface area contributed by atoms with Crippen LogP contribution >= 0.6 is 27.3 Å². The number of nitrogens with zero attached hydrogens (tertiary/aromatic N) is 2. The number of ether oxygens (including phenoxy) is 3. The topological polar surface area (TPSA) is 82.0 Å². The summed E-state index contributed by atoms with van der Waals surface area (Å²) in [5.74, 6) is 0.946. The minimum Gasteiger partial charge on any atom is -0.493 e. The number of halogens is 1. The van der Waals surface area contributed by atoms with Crippen LogP contribution in [0.25, 0.3) is 0 Å². The van der Waals surface area contributed by atoms with Crippen LogP contribution in [0.3, 0.4) is 0 Å². The number of nitrogens with one attached hydrogen (secondary N) is 1. The van der Waals surface area contributed by atoms with Crippen molar-refractivity contribution in [3.8, 4) is 11.5 Å². The number of methoxy groups -OCH3 is 2. The van der Waals surface area contributed by atoms with Crippen molar-refractivity contribution >= 4 is 44.6 Å². The Labute approximate surface area is 158 Å². The van der Waals surface area contributed by atoms with Gasteiger partial charge in [0, 0.05) is 5.38 Å². The lowest BCUT2D eigenvalue weighted by molar-refractivity contribution is -0.139. The standard InChI is InChI=1S/C16H18BrN3O4S/c1-4-24-15-12(17)5-10(6-13(15)22-2)8-18-20-16-19-11(9-25-16)7-14(21)23-3/h5-6,8-9H,4,7H2,1-3H3,(H,19,20)/b18-8-. The third kappa shape index (κ3) is 5.43. The van der Waals surface area contributed by atoms with Crippen molar-refractivity contribution < 1.29 is 19.0 Å². The van der Waals surface area contributed by atoms with Gasteiger partial charge in [-0.1, -0.05) is 0 Å². The molecule has 1 heterocycles. The smallest absolute Gasteiger partial charge is 0.311 e. The maximum atomic E-state index is 11.2. The van der Waals surface area contributed by atoms with Crippen molar-refractivity contribution in [2.75, 3.05) is 26.3 Å². The number of aromatic nitrogens is 1. The van der Waals surface area contributed by atoms with E-state index in [1.807, 2.05) is 19.1 Å². The lowest BCUT2D eigenvalue weighted by atomic mass is 10.2. The molecule has 0 amide bonds. The zero-order valence-corrected chi connectivity index (χ0v) is 16.4. The van der Waals surface area contributed by atoms with Gasteiger partial charge in [-0.15, -0.1) is 11.3 Å². The quantitative estimate of drug-likeness (QED) is 0.394. The molecule has 2 rings (SSSR count). The van der Waals surface area contributed by atoms with Crippen molar-refractivity contribution in [3.63, 3.8) is 0 Å². The summed E-state index contributed by atoms with van der Waals surface area (Å²) >= 11 is 4.83. The van der Waals surface area contributed by atoms with Gasteiger partial charge in [0.15, 0.2) is 11.5 Å². The van der Waals surface area contributed by atoms with Crippen LogP contribution in [0.15, 0.2) is 27.1 Å². The number of anilines is 1. The van der Waals surface area contributed by atoms with Crippen molar-refractivity contribution in [1.82, 2.24) is 4.98 Å². The Bertz CT molecular complexity index is 764. The van der Waals surface area contributed by atoms with Crippen molar-refractivity contribution in [3.05, 3.63) is 33.2 Å². The van der Waals surface area contributed by atoms with Gasteiger partial charge in [-0.05, 0) is 40.5 Å². The van der Waals surface area contributed by atoms with Gasteiger partial charge in [-0.25, -0.2) is 4.98 Å². The summed E-state index contributed by atoms with van der Waals surface area (Å²) in [5, 5.41) is 6.53. The Morgan fingerprint density at radius 1 is 1.44 bits per heavy atom. The number of rotatable bonds is 8. The van der Waals surface area contributed by atoms with E-state index in [4.69, 9.17) is 9.47 Å². The lowest BCUT2D eigenvalue weighted by Crippen LogP contribution is -2.04. The first-order valence-corrected chi connectivity index (χ1v) is 9.05. The number of benzene rings is 1. The molecule has 1 aromatic carbocycles. The van der Waals surface area contributed by atoms with E-state index >= 15 is 0 Å². The number of hydrogen-bond acceptors (Lipinski definition) is 8. The summed E-state index contributed by atoms with van der Waals surface area (Å²) < 4.78 is 16.3. The predicted octanol–water partition coefficient (Wildman–Crippen LogP) is 3.47. The highest BCUT2D eigenvalue weighted by Gasteiger charge is 2.10. The van der Waals surface area contributed by atoms with Crippen LogP contribution in [0.4, 0.5) is 5.13 Å². The lowest BCUT2D eigenvalue weighted by Gasteiger charge is -2.11. The minimum absolute atomic E-state index is 0.140. The molecule has 0 spiro atoms. The maximum Gasteiger partial charge on any atom is 0.311 e. The molecule has 0 radical (unpaired) electrons. The first-order valence-electron chi connectivity index (χ1n) is 7.38. The summed E-state index contributed by atoms with van der Waals surface area (Å²) in [4.78, 5) is 15.5. The van der Waals surface area contributed by atoms with Crippen LogP contribution in [0.1, 0.15) is 18.2 Å². The van der Waals surface area contributed by atoms with Crippen LogP contribution in [0.5, 0.6) is 11.5 Å². The fourth-order valence-electron chi connectivity index (χ4n) is 1.92. The van der Waals surface area contributed by atoms with Crippen LogP contribution in [-0.2, 0) is 16.0 Å². The normalized spacial score (nSPS) is 10.7. The highest BCUT2D eigenvalue weighted by atomic mass is 79.9. The Morgan fingerprint density at radius 2 is 2.24 bits per heavy atom. The molecule has 134 valence electrons. The molecule has 1 aromatic heterocycles. The summed E-state index contributed by atoms with van der Waals surface area (Å²) in [6.07, 6.45) is 1.78. The molecule has 0 saturated carbocycles. The average molecular weight is 428 g/mol. The van der Waals surface area contributed by atoms with Gasteiger partial charge in [0.25, 0.3) is 0 Å². The second-order valence-corrected chi connectivity index (χ2v) is 6.45. The van der Waals surface area contributed by atoms with Crippen molar-refractivity contribution in [2.24, 2.45) is 5.10 Å². The van der Waals surface area contributed by atoms with Crippen molar-refractivity contribution in [2.45, 2.75) is 13.3 Å². The largest absolute Gasteiger partial charge is 0.493 e. The summed E-state index contributed by atoms with van der Waals surface area (Å²) in [6, 6.07) is 3.70. The molecule has 0 atom stereocenters. The zero-order chi connectivity index (χ0) is 18.2. The van der Waals surface area contributed by atoms with Crippen LogP contribution < -0.4 is 14.9 Å². The second-order valence-electron chi connectivity index (χ2n) is 4.73. The Balaban J connectivity index is 2.04. The molecule has 25 heavy (non-hydrogen) atoms. The Kier molecular flexibility index (Phi) is 7.20. The molecular formula is C16H18BrN3O4S. The summed E-state index contributed by atoms with van der Waals surface area (Å²) in [5.41, 5.74) is 4.30. The monoisotopic (exact) mass is 427 g/mol. The summed E-state index contributed by atoms with van der Waals surface area (Å²) in [7, 11) is 2.93. The van der Waals surface area contributed by atoms with E-state index in [0.29, 0.717) is 28.9 Å². The van der Waals surface area contributed by atoms with E-state index in [0.717, 1.165) is 10.0 Å². The molecule has 1 N–H and O–H groups in total. The molecule has 0 unspecified atom stereocenters. The number of carbonyl (C=O) groups is 1. The average Bonchev–Trinajstić information content (AvgIpc) is 3.04. The fourth-order valence-corrected chi connectivity index (χ4v) is 3.15. The first kappa shape index (κ1) is 19.2. The van der Waals surface area contributed by atoms with Gasteiger partial charge >= 0.3 is 5.97 Å². The molecule has 0 aliphatic carbocycles. The molecular weight excluding hydrogens is 410 g/mol. The molecule has 9 heteroatoms. The molecule has 0 bridgehead atoms. The molecule has 0 fully saturated rings. The van der Waals surface area contributed by atoms with Crippen molar-refractivity contribution in [1.29, 1.82) is 0 Å². The van der Waals surface area contributed by atoms with E-state index in [2.05, 4.69) is 36.2 Å². The second kappa shape index (κ2) is 9.38. The highest BCUT2D eigenvalue weighted by molar-refractivity contribution is 9.10. The number of thiazole rings is 1. The molecule has 7 nitrogen and oxygen atoms in total. The molecule has 2 aromatic rings. The third-order valence-electron chi connectivity index (χ3n) is 3.02. The highest BCUT2D eigenvalue weighted by Crippen LogP contribution is 2.36. The SMILES string of the molecule is CCOc1c(Br)cc(/C=N\Nc2nc(CC(=O)OC)cs2)cc1OC. The Hall–Kier alpha value is -2.13. The third-order valence-corrected chi connectivity index (χ3v) is 4.40. The van der Waals surface area contributed by atoms with Crippen LogP contribution in [-0.4, -0.2) is 38.0 Å². The van der Waals surface area contributed by atoms with Gasteiger partial charge in [0.2, 0.25) is 5.13 Å². The molecule has 0 aliphatic rings. The number of carbonyl (C=O) groups excluding carboxylic acids is 1. The molecule has 0 aliphatic heterocycles. The van der Waals surface area contributed by atoms with Crippen LogP contribution in [0.2, 0.25) is 0 Å². The van der Waals surface area contributed by atoms with Gasteiger partial charge in [0.05, 0.1) is 43.6 Å². The van der Waals surface area contributed by atoms with E-state index < -0.39 is 0 Å². The number of hydrazone groups is 1. The maximum absolute atomic E-state index is 11.2. The Morgan fingerprint density at radius 3 is 2.92 bits per heavy atom. The minimum atomic E-state index is -0.327. The number of hydrogen-bond donors (Lipinski definition) is 1. The molecule has 0 saturated heterocycles. The number of esters is 1.